The molecule has 0 heterocycles. The lowest BCUT2D eigenvalue weighted by Crippen LogP contribution is -2.14. The van der Waals surface area contributed by atoms with Gasteiger partial charge in [0.15, 0.2) is 0 Å². The van der Waals surface area contributed by atoms with Crippen molar-refractivity contribution in [1.29, 1.82) is 0 Å². The normalized spacial score (nSPS) is 9.12. The SMILES string of the molecule is CC(C)(O)C#CC#CC#CC#CC(C)(C)O. The number of hydrogen-bond acceptors (Lipinski definition) is 2. The van der Waals surface area contributed by atoms with Gasteiger partial charge in [-0.2, -0.15) is 0 Å². The molecule has 0 aliphatic carbocycles. The van der Waals surface area contributed by atoms with Crippen molar-refractivity contribution in [2.24, 2.45) is 0 Å². The van der Waals surface area contributed by atoms with Crippen LogP contribution in [-0.4, -0.2) is 21.4 Å². The van der Waals surface area contributed by atoms with Crippen molar-refractivity contribution in [3.05, 3.63) is 0 Å². The molecule has 0 saturated heterocycles. The van der Waals surface area contributed by atoms with Gasteiger partial charge < -0.3 is 10.2 Å². The summed E-state index contributed by atoms with van der Waals surface area (Å²) in [7, 11) is 0. The Morgan fingerprint density at radius 3 is 1.06 bits per heavy atom. The quantitative estimate of drug-likeness (QED) is 0.578. The van der Waals surface area contributed by atoms with E-state index in [4.69, 9.17) is 0 Å². The Kier molecular flexibility index (Phi) is 5.22. The summed E-state index contributed by atoms with van der Waals surface area (Å²) >= 11 is 0. The average molecular weight is 214 g/mol. The molecule has 0 bridgehead atoms. The highest BCUT2D eigenvalue weighted by Gasteiger charge is 2.05. The van der Waals surface area contributed by atoms with E-state index in [9.17, 15) is 10.2 Å². The van der Waals surface area contributed by atoms with E-state index >= 15 is 0 Å². The molecule has 0 aromatic carbocycles. The Balaban J connectivity index is 4.36. The lowest BCUT2D eigenvalue weighted by molar-refractivity contribution is 0.143. The van der Waals surface area contributed by atoms with Gasteiger partial charge in [0.05, 0.1) is 0 Å². The summed E-state index contributed by atoms with van der Waals surface area (Å²) in [6.07, 6.45) is 0. The molecule has 0 aromatic heterocycles. The van der Waals surface area contributed by atoms with Crippen LogP contribution in [0.3, 0.4) is 0 Å². The van der Waals surface area contributed by atoms with E-state index in [0.29, 0.717) is 0 Å². The molecule has 2 N–H and O–H groups in total. The van der Waals surface area contributed by atoms with Gasteiger partial charge in [-0.05, 0) is 63.2 Å². The van der Waals surface area contributed by atoms with E-state index in [2.05, 4.69) is 47.4 Å². The third kappa shape index (κ3) is 12.2. The second-order valence-electron chi connectivity index (χ2n) is 4.12. The van der Waals surface area contributed by atoms with E-state index in [1.54, 1.807) is 27.7 Å². The van der Waals surface area contributed by atoms with Crippen LogP contribution in [0.2, 0.25) is 0 Å². The summed E-state index contributed by atoms with van der Waals surface area (Å²) in [5.74, 6) is 19.9. The van der Waals surface area contributed by atoms with E-state index in [0.717, 1.165) is 0 Å². The lowest BCUT2D eigenvalue weighted by Gasteiger charge is -2.04. The molecule has 0 saturated carbocycles. The van der Waals surface area contributed by atoms with Crippen LogP contribution in [0.25, 0.3) is 0 Å². The van der Waals surface area contributed by atoms with E-state index in [1.165, 1.54) is 0 Å². The highest BCUT2D eigenvalue weighted by atomic mass is 16.3. The van der Waals surface area contributed by atoms with Gasteiger partial charge >= 0.3 is 0 Å². The molecular weight excluding hydrogens is 200 g/mol. The summed E-state index contributed by atoms with van der Waals surface area (Å²) in [5.41, 5.74) is -2.08. The van der Waals surface area contributed by atoms with Crippen LogP contribution in [0, 0.1) is 47.4 Å². The molecule has 0 spiro atoms. The van der Waals surface area contributed by atoms with Crippen molar-refractivity contribution in [2.75, 3.05) is 0 Å². The van der Waals surface area contributed by atoms with Crippen molar-refractivity contribution in [2.45, 2.75) is 38.9 Å². The standard InChI is InChI=1S/C14H14O2/c1-13(2,15)11-9-7-5-6-8-10-12-14(3,4)16/h15-16H,1-4H3. The zero-order chi connectivity index (χ0) is 12.7. The maximum atomic E-state index is 9.22. The molecule has 0 aromatic rings. The Bertz CT molecular complexity index is 421. The first-order valence-electron chi connectivity index (χ1n) is 4.70. The van der Waals surface area contributed by atoms with Crippen LogP contribution in [0.15, 0.2) is 0 Å². The van der Waals surface area contributed by atoms with Gasteiger partial charge in [-0.25, -0.2) is 0 Å². The molecule has 0 rings (SSSR count). The van der Waals surface area contributed by atoms with Gasteiger partial charge in [0.2, 0.25) is 0 Å². The Morgan fingerprint density at radius 1 is 0.562 bits per heavy atom. The molecule has 0 fully saturated rings. The average Bonchev–Trinajstić information content (AvgIpc) is 2.06. The summed E-state index contributed by atoms with van der Waals surface area (Å²) in [5, 5.41) is 18.4. The van der Waals surface area contributed by atoms with Crippen molar-refractivity contribution < 1.29 is 10.2 Å². The minimum atomic E-state index is -1.04. The summed E-state index contributed by atoms with van der Waals surface area (Å²) in [6, 6.07) is 0. The molecule has 0 aliphatic heterocycles. The number of aliphatic hydroxyl groups is 2. The molecule has 16 heavy (non-hydrogen) atoms. The molecule has 0 radical (unpaired) electrons. The Morgan fingerprint density at radius 2 is 0.812 bits per heavy atom. The first kappa shape index (κ1) is 14.2. The van der Waals surface area contributed by atoms with Gasteiger partial charge in [0.1, 0.15) is 11.2 Å². The highest BCUT2D eigenvalue weighted by Crippen LogP contribution is 1.95. The third-order valence-corrected chi connectivity index (χ3v) is 1.05. The minimum absolute atomic E-state index is 1.04. The second kappa shape index (κ2) is 5.90. The van der Waals surface area contributed by atoms with Gasteiger partial charge in [-0.3, -0.25) is 0 Å². The monoisotopic (exact) mass is 214 g/mol. The zero-order valence-corrected chi connectivity index (χ0v) is 9.89. The summed E-state index contributed by atoms with van der Waals surface area (Å²) < 4.78 is 0. The predicted molar refractivity (Wildman–Crippen MR) is 63.7 cm³/mol. The van der Waals surface area contributed by atoms with Crippen molar-refractivity contribution >= 4 is 0 Å². The zero-order valence-electron chi connectivity index (χ0n) is 9.89. The number of rotatable bonds is 0. The van der Waals surface area contributed by atoms with Crippen molar-refractivity contribution in [1.82, 2.24) is 0 Å². The minimum Gasteiger partial charge on any atom is -0.378 e. The molecule has 82 valence electrons. The van der Waals surface area contributed by atoms with Crippen LogP contribution in [0.1, 0.15) is 27.7 Å². The predicted octanol–water partition coefficient (Wildman–Crippen LogP) is 0.542. The second-order valence-corrected chi connectivity index (χ2v) is 4.12. The van der Waals surface area contributed by atoms with Crippen LogP contribution >= 0.6 is 0 Å². The van der Waals surface area contributed by atoms with Crippen molar-refractivity contribution in [3.8, 4) is 47.4 Å². The maximum Gasteiger partial charge on any atom is 0.120 e. The molecule has 2 nitrogen and oxygen atoms in total. The third-order valence-electron chi connectivity index (χ3n) is 1.05. The lowest BCUT2D eigenvalue weighted by atomic mass is 10.1. The van der Waals surface area contributed by atoms with E-state index in [1.807, 2.05) is 0 Å². The van der Waals surface area contributed by atoms with Crippen LogP contribution in [0.5, 0.6) is 0 Å². The maximum absolute atomic E-state index is 9.22. The first-order valence-corrected chi connectivity index (χ1v) is 4.70. The molecular formula is C14H14O2. The Labute approximate surface area is 97.1 Å². The van der Waals surface area contributed by atoms with Crippen LogP contribution in [0.4, 0.5) is 0 Å². The fraction of sp³-hybridized carbons (Fsp3) is 0.429. The molecule has 0 aliphatic rings. The van der Waals surface area contributed by atoms with E-state index in [-0.39, 0.29) is 0 Å². The van der Waals surface area contributed by atoms with Gasteiger partial charge in [0.25, 0.3) is 0 Å². The van der Waals surface area contributed by atoms with Crippen LogP contribution < -0.4 is 0 Å². The smallest absolute Gasteiger partial charge is 0.120 e. The molecule has 0 amide bonds. The van der Waals surface area contributed by atoms with Crippen molar-refractivity contribution in [3.63, 3.8) is 0 Å². The molecule has 0 atom stereocenters. The largest absolute Gasteiger partial charge is 0.378 e. The first-order chi connectivity index (χ1) is 7.21. The highest BCUT2D eigenvalue weighted by molar-refractivity contribution is 5.41. The topological polar surface area (TPSA) is 40.5 Å². The van der Waals surface area contributed by atoms with Gasteiger partial charge in [0, 0.05) is 0 Å². The van der Waals surface area contributed by atoms with Gasteiger partial charge in [-0.15, -0.1) is 0 Å². The van der Waals surface area contributed by atoms with Crippen LogP contribution in [-0.2, 0) is 0 Å². The number of hydrogen-bond donors (Lipinski definition) is 2. The molecule has 2 heteroatoms. The Hall–Kier alpha value is -1.84. The summed E-state index contributed by atoms with van der Waals surface area (Å²) in [4.78, 5) is 0. The summed E-state index contributed by atoms with van der Waals surface area (Å²) in [6.45, 7) is 6.29. The fourth-order valence-electron chi connectivity index (χ4n) is 0.493. The van der Waals surface area contributed by atoms with E-state index < -0.39 is 11.2 Å². The molecule has 0 unspecified atom stereocenters. The fourth-order valence-corrected chi connectivity index (χ4v) is 0.493. The van der Waals surface area contributed by atoms with Gasteiger partial charge in [-0.1, -0.05) is 11.8 Å².